The molecule has 0 radical (unpaired) electrons. The van der Waals surface area contributed by atoms with Crippen LogP contribution in [0.1, 0.15) is 41.3 Å². The number of phenols is 1. The first kappa shape index (κ1) is 22.1. The van der Waals surface area contributed by atoms with Crippen molar-refractivity contribution in [1.82, 2.24) is 0 Å². The molecule has 0 aliphatic heterocycles. The highest BCUT2D eigenvalue weighted by Crippen LogP contribution is 2.51. The number of rotatable bonds is 4. The van der Waals surface area contributed by atoms with E-state index in [9.17, 15) is 29.7 Å². The molecule has 0 spiro atoms. The number of anilines is 1. The number of allylic oxidation sites excluding steroid dienone is 4. The van der Waals surface area contributed by atoms with E-state index in [0.29, 0.717) is 24.0 Å². The molecule has 1 aromatic rings. The second-order valence-corrected chi connectivity index (χ2v) is 9.03. The van der Waals surface area contributed by atoms with Gasteiger partial charge in [0, 0.05) is 44.4 Å². The Kier molecular flexibility index (Phi) is 5.36. The molecular formula is C24H27NO7. The van der Waals surface area contributed by atoms with Crippen molar-refractivity contribution in [2.75, 3.05) is 26.1 Å². The lowest BCUT2D eigenvalue weighted by Gasteiger charge is -2.41. The smallest absolute Gasteiger partial charge is 0.196 e. The maximum absolute atomic E-state index is 13.6. The van der Waals surface area contributed by atoms with Crippen LogP contribution in [0.15, 0.2) is 28.7 Å². The molecular weight excluding hydrogens is 414 g/mol. The van der Waals surface area contributed by atoms with Gasteiger partial charge in [0.1, 0.15) is 17.3 Å². The zero-order chi connectivity index (χ0) is 23.5. The molecule has 0 saturated carbocycles. The van der Waals surface area contributed by atoms with Gasteiger partial charge in [0.25, 0.3) is 0 Å². The Balaban J connectivity index is 1.88. The summed E-state index contributed by atoms with van der Waals surface area (Å²) in [6.07, 6.45) is 0.901. The molecule has 0 fully saturated rings. The quantitative estimate of drug-likeness (QED) is 0.610. The van der Waals surface area contributed by atoms with Crippen LogP contribution in [-0.2, 0) is 27.4 Å². The fourth-order valence-electron chi connectivity index (χ4n) is 5.52. The number of Topliss-reactive ketones (excluding diaryl/α,β-unsaturated/α-hetero) is 3. The van der Waals surface area contributed by atoms with Crippen molar-refractivity contribution in [2.45, 2.75) is 32.8 Å². The van der Waals surface area contributed by atoms with Crippen molar-refractivity contribution in [3.63, 3.8) is 0 Å². The standard InChI is InChI=1S/C24H27NO7/c1-10(26)17-16(27)8-12-5-11-6-14-15(25(2)3)7-13(9-32-4)21(28)20(14)24(31)18(11)23(30)19(12)22(17)29/h7,11-12,19,27-28,30H,5-6,8-9H2,1-4H3. The van der Waals surface area contributed by atoms with Gasteiger partial charge in [-0.2, -0.15) is 0 Å². The molecule has 3 N–H and O–H groups in total. The first-order valence-corrected chi connectivity index (χ1v) is 10.6. The second kappa shape index (κ2) is 7.78. The van der Waals surface area contributed by atoms with Crippen LogP contribution in [0, 0.1) is 17.8 Å². The van der Waals surface area contributed by atoms with Crippen LogP contribution in [0.3, 0.4) is 0 Å². The van der Waals surface area contributed by atoms with Crippen molar-refractivity contribution >= 4 is 23.0 Å². The van der Waals surface area contributed by atoms with Gasteiger partial charge in [-0.3, -0.25) is 14.4 Å². The lowest BCUT2D eigenvalue weighted by atomic mass is 9.62. The number of aliphatic hydroxyl groups is 2. The third kappa shape index (κ3) is 3.12. The van der Waals surface area contributed by atoms with Gasteiger partial charge in [0.05, 0.1) is 23.7 Å². The normalized spacial score (nSPS) is 24.8. The van der Waals surface area contributed by atoms with Gasteiger partial charge in [-0.1, -0.05) is 0 Å². The Labute approximate surface area is 185 Å². The van der Waals surface area contributed by atoms with E-state index >= 15 is 0 Å². The van der Waals surface area contributed by atoms with Crippen LogP contribution in [0.5, 0.6) is 5.75 Å². The number of nitrogens with zero attached hydrogens (tertiary/aromatic N) is 1. The summed E-state index contributed by atoms with van der Waals surface area (Å²) in [5, 5.41) is 32.3. The molecule has 32 heavy (non-hydrogen) atoms. The number of methoxy groups -OCH3 is 1. The Morgan fingerprint density at radius 2 is 1.88 bits per heavy atom. The van der Waals surface area contributed by atoms with Crippen molar-refractivity contribution in [3.05, 3.63) is 45.4 Å². The van der Waals surface area contributed by atoms with Crippen molar-refractivity contribution in [3.8, 4) is 5.75 Å². The lowest BCUT2D eigenvalue weighted by molar-refractivity contribution is -0.125. The monoisotopic (exact) mass is 441 g/mol. The Morgan fingerprint density at radius 3 is 2.47 bits per heavy atom. The van der Waals surface area contributed by atoms with Crippen molar-refractivity contribution < 1.29 is 34.4 Å². The molecule has 0 saturated heterocycles. The average molecular weight is 441 g/mol. The molecule has 0 heterocycles. The highest BCUT2D eigenvalue weighted by atomic mass is 16.5. The van der Waals surface area contributed by atoms with Gasteiger partial charge in [0.15, 0.2) is 17.3 Å². The minimum Gasteiger partial charge on any atom is -0.511 e. The van der Waals surface area contributed by atoms with Crippen molar-refractivity contribution in [1.29, 1.82) is 0 Å². The number of aromatic hydroxyl groups is 1. The van der Waals surface area contributed by atoms with Crippen LogP contribution in [0.4, 0.5) is 5.69 Å². The van der Waals surface area contributed by atoms with Gasteiger partial charge in [-0.25, -0.2) is 0 Å². The predicted molar refractivity (Wildman–Crippen MR) is 116 cm³/mol. The van der Waals surface area contributed by atoms with E-state index in [0.717, 1.165) is 5.69 Å². The number of ketones is 3. The largest absolute Gasteiger partial charge is 0.511 e. The molecule has 3 aliphatic rings. The number of aliphatic hydroxyl groups excluding tert-OH is 2. The number of carbonyl (C=O) groups is 3. The fraction of sp³-hybridized carbons (Fsp3) is 0.458. The Morgan fingerprint density at radius 1 is 1.19 bits per heavy atom. The van der Waals surface area contributed by atoms with Gasteiger partial charge in [-0.15, -0.1) is 0 Å². The molecule has 0 bridgehead atoms. The summed E-state index contributed by atoms with van der Waals surface area (Å²) >= 11 is 0. The van der Waals surface area contributed by atoms with E-state index in [1.165, 1.54) is 14.0 Å². The van der Waals surface area contributed by atoms with Crippen LogP contribution in [-0.4, -0.2) is 53.9 Å². The first-order chi connectivity index (χ1) is 15.1. The molecule has 3 aliphatic carbocycles. The zero-order valence-electron chi connectivity index (χ0n) is 18.6. The maximum atomic E-state index is 13.6. The first-order valence-electron chi connectivity index (χ1n) is 10.6. The van der Waals surface area contributed by atoms with Crippen LogP contribution < -0.4 is 4.90 Å². The SMILES string of the molecule is COCc1cc(N(C)C)c2c(c1O)C(=O)C1=C(O)C3C(=O)C(C(C)=O)=C(O)CC3CC1C2. The third-order valence-electron chi connectivity index (χ3n) is 6.83. The summed E-state index contributed by atoms with van der Waals surface area (Å²) in [6, 6.07) is 1.79. The highest BCUT2D eigenvalue weighted by Gasteiger charge is 2.50. The number of benzene rings is 1. The topological polar surface area (TPSA) is 124 Å². The average Bonchev–Trinajstić information content (AvgIpc) is 2.68. The molecule has 3 atom stereocenters. The van der Waals surface area contributed by atoms with Gasteiger partial charge in [-0.05, 0) is 43.2 Å². The number of ether oxygens (including phenoxy) is 1. The maximum Gasteiger partial charge on any atom is 0.196 e. The minimum atomic E-state index is -1.04. The highest BCUT2D eigenvalue weighted by molar-refractivity contribution is 6.22. The number of hydrogen-bond donors (Lipinski definition) is 3. The van der Waals surface area contributed by atoms with Crippen LogP contribution in [0.2, 0.25) is 0 Å². The van der Waals surface area contributed by atoms with Crippen molar-refractivity contribution in [2.24, 2.45) is 17.8 Å². The number of carbonyl (C=O) groups excluding carboxylic acids is 3. The number of phenolic OH excluding ortho intramolecular Hbond substituents is 1. The summed E-state index contributed by atoms with van der Waals surface area (Å²) in [5.41, 5.74) is 1.85. The van der Waals surface area contributed by atoms with E-state index in [1.54, 1.807) is 6.07 Å². The summed E-state index contributed by atoms with van der Waals surface area (Å²) < 4.78 is 5.17. The second-order valence-electron chi connectivity index (χ2n) is 9.03. The summed E-state index contributed by atoms with van der Waals surface area (Å²) in [7, 11) is 5.19. The molecule has 8 nitrogen and oxygen atoms in total. The predicted octanol–water partition coefficient (Wildman–Crippen LogP) is 2.78. The summed E-state index contributed by atoms with van der Waals surface area (Å²) in [5.74, 6) is -4.32. The number of hydrogen-bond acceptors (Lipinski definition) is 8. The van der Waals surface area contributed by atoms with Gasteiger partial charge >= 0.3 is 0 Å². The van der Waals surface area contributed by atoms with E-state index in [2.05, 4.69) is 0 Å². The molecule has 0 aromatic heterocycles. The van der Waals surface area contributed by atoms with E-state index in [4.69, 9.17) is 4.74 Å². The van der Waals surface area contributed by atoms with E-state index in [-0.39, 0.29) is 52.9 Å². The zero-order valence-corrected chi connectivity index (χ0v) is 18.6. The van der Waals surface area contributed by atoms with Crippen LogP contribution >= 0.6 is 0 Å². The molecule has 170 valence electrons. The Hall–Kier alpha value is -3.13. The molecule has 4 rings (SSSR count). The fourth-order valence-corrected chi connectivity index (χ4v) is 5.52. The third-order valence-corrected chi connectivity index (χ3v) is 6.83. The Bertz CT molecular complexity index is 1110. The van der Waals surface area contributed by atoms with Crippen LogP contribution in [0.25, 0.3) is 0 Å². The molecule has 8 heteroatoms. The molecule has 0 amide bonds. The lowest BCUT2D eigenvalue weighted by Crippen LogP contribution is -2.42. The summed E-state index contributed by atoms with van der Waals surface area (Å²) in [6.45, 7) is 1.30. The minimum absolute atomic E-state index is 0.0960. The molecule has 1 aromatic carbocycles. The van der Waals surface area contributed by atoms with Gasteiger partial charge < -0.3 is 25.0 Å². The molecule has 3 unspecified atom stereocenters. The van der Waals surface area contributed by atoms with E-state index in [1.807, 2.05) is 19.0 Å². The summed E-state index contributed by atoms with van der Waals surface area (Å²) in [4.78, 5) is 40.3. The van der Waals surface area contributed by atoms with Gasteiger partial charge in [0.2, 0.25) is 0 Å². The van der Waals surface area contributed by atoms with E-state index < -0.39 is 29.2 Å². The number of fused-ring (bicyclic) bond motifs is 3.